The number of sulfone groups is 1. The summed E-state index contributed by atoms with van der Waals surface area (Å²) in [5, 5.41) is 11.5. The summed E-state index contributed by atoms with van der Waals surface area (Å²) in [6.45, 7) is 0.0791. The van der Waals surface area contributed by atoms with Crippen molar-refractivity contribution in [1.29, 1.82) is 0 Å². The van der Waals surface area contributed by atoms with Crippen molar-refractivity contribution < 1.29 is 27.9 Å². The Morgan fingerprint density at radius 3 is 2.07 bits per heavy atom. The SMILES string of the molecule is O=C(O)CC1(NC(=O)OCC2c3ccccc3-c3ccccc32)CS(=O)(=O)C1. The third kappa shape index (κ3) is 3.35. The van der Waals surface area contributed by atoms with Gasteiger partial charge in [-0.25, -0.2) is 13.2 Å². The second kappa shape index (κ2) is 6.63. The maximum Gasteiger partial charge on any atom is 0.407 e. The summed E-state index contributed by atoms with van der Waals surface area (Å²) in [5.74, 6) is -2.08. The number of amides is 1. The molecule has 1 amide bonds. The van der Waals surface area contributed by atoms with Crippen LogP contribution < -0.4 is 5.32 Å². The molecular formula is C20H19NO6S. The Kier molecular flexibility index (Phi) is 4.38. The highest BCUT2D eigenvalue weighted by Crippen LogP contribution is 2.44. The number of fused-ring (bicyclic) bond motifs is 3. The predicted octanol–water partition coefficient (Wildman–Crippen LogP) is 2.17. The molecule has 0 bridgehead atoms. The van der Waals surface area contributed by atoms with Crippen LogP contribution in [0.15, 0.2) is 48.5 Å². The van der Waals surface area contributed by atoms with Gasteiger partial charge in [0, 0.05) is 5.92 Å². The number of carbonyl (C=O) groups is 2. The Labute approximate surface area is 162 Å². The standard InChI is InChI=1S/C20H19NO6S/c22-18(23)9-20(11-28(25,26)12-20)21-19(24)27-10-17-15-7-3-1-5-13(15)14-6-2-4-8-16(14)17/h1-8,17H,9-12H2,(H,21,24)(H,22,23). The number of hydrogen-bond donors (Lipinski definition) is 2. The molecule has 2 aromatic rings. The lowest BCUT2D eigenvalue weighted by atomic mass is 9.98. The molecule has 28 heavy (non-hydrogen) atoms. The van der Waals surface area contributed by atoms with Crippen LogP contribution in [0.3, 0.4) is 0 Å². The smallest absolute Gasteiger partial charge is 0.407 e. The molecule has 0 aromatic heterocycles. The molecule has 0 atom stereocenters. The quantitative estimate of drug-likeness (QED) is 0.795. The molecule has 2 N–H and O–H groups in total. The fourth-order valence-electron chi connectivity index (χ4n) is 4.16. The molecule has 146 valence electrons. The van der Waals surface area contributed by atoms with E-state index in [2.05, 4.69) is 5.32 Å². The van der Waals surface area contributed by atoms with Crippen molar-refractivity contribution in [3.63, 3.8) is 0 Å². The highest BCUT2D eigenvalue weighted by molar-refractivity contribution is 7.93. The molecule has 7 nitrogen and oxygen atoms in total. The van der Waals surface area contributed by atoms with Crippen LogP contribution in [0.5, 0.6) is 0 Å². The van der Waals surface area contributed by atoms with Gasteiger partial charge in [0.1, 0.15) is 6.61 Å². The van der Waals surface area contributed by atoms with Gasteiger partial charge in [0.25, 0.3) is 0 Å². The second-order valence-corrected chi connectivity index (χ2v) is 9.40. The molecule has 1 heterocycles. The van der Waals surface area contributed by atoms with Crippen LogP contribution in [-0.2, 0) is 19.4 Å². The van der Waals surface area contributed by atoms with Gasteiger partial charge in [-0.15, -0.1) is 0 Å². The molecular weight excluding hydrogens is 382 g/mol. The van der Waals surface area contributed by atoms with E-state index >= 15 is 0 Å². The predicted molar refractivity (Wildman–Crippen MR) is 102 cm³/mol. The van der Waals surface area contributed by atoms with E-state index in [1.54, 1.807) is 0 Å². The first-order chi connectivity index (χ1) is 13.3. The van der Waals surface area contributed by atoms with Gasteiger partial charge in [0.2, 0.25) is 0 Å². The third-order valence-corrected chi connectivity index (χ3v) is 7.18. The van der Waals surface area contributed by atoms with Gasteiger partial charge in [0.05, 0.1) is 23.5 Å². The van der Waals surface area contributed by atoms with Gasteiger partial charge in [-0.05, 0) is 22.3 Å². The largest absolute Gasteiger partial charge is 0.481 e. The van der Waals surface area contributed by atoms with Crippen molar-refractivity contribution in [2.24, 2.45) is 0 Å². The molecule has 0 saturated carbocycles. The first-order valence-corrected chi connectivity index (χ1v) is 10.7. The van der Waals surface area contributed by atoms with E-state index in [9.17, 15) is 18.0 Å². The van der Waals surface area contributed by atoms with E-state index in [1.165, 1.54) is 0 Å². The Hall–Kier alpha value is -2.87. The van der Waals surface area contributed by atoms with Gasteiger partial charge in [-0.3, -0.25) is 4.79 Å². The molecule has 8 heteroatoms. The zero-order valence-corrected chi connectivity index (χ0v) is 15.7. The highest BCUT2D eigenvalue weighted by Gasteiger charge is 2.51. The zero-order chi connectivity index (χ0) is 19.9. The molecule has 2 aliphatic rings. The van der Waals surface area contributed by atoms with Gasteiger partial charge < -0.3 is 15.2 Å². The van der Waals surface area contributed by atoms with Crippen LogP contribution in [0, 0.1) is 0 Å². The molecule has 0 unspecified atom stereocenters. The molecule has 1 aliphatic carbocycles. The fraction of sp³-hybridized carbons (Fsp3) is 0.300. The van der Waals surface area contributed by atoms with Crippen molar-refractivity contribution in [1.82, 2.24) is 5.32 Å². The summed E-state index contributed by atoms with van der Waals surface area (Å²) in [5.41, 5.74) is 3.01. The summed E-state index contributed by atoms with van der Waals surface area (Å²) < 4.78 is 28.4. The summed E-state index contributed by atoms with van der Waals surface area (Å²) in [7, 11) is -3.32. The number of carboxylic acid groups (broad SMARTS) is 1. The number of carbonyl (C=O) groups excluding carboxylic acids is 1. The van der Waals surface area contributed by atoms with E-state index in [-0.39, 0.29) is 12.5 Å². The topological polar surface area (TPSA) is 110 Å². The van der Waals surface area contributed by atoms with Crippen LogP contribution in [0.25, 0.3) is 11.1 Å². The monoisotopic (exact) mass is 401 g/mol. The van der Waals surface area contributed by atoms with Crippen LogP contribution in [0.2, 0.25) is 0 Å². The van der Waals surface area contributed by atoms with Crippen molar-refractivity contribution in [3.8, 4) is 11.1 Å². The normalized spacial score (nSPS) is 18.4. The number of aliphatic carboxylic acids is 1. The van der Waals surface area contributed by atoms with Gasteiger partial charge in [0.15, 0.2) is 9.84 Å². The lowest BCUT2D eigenvalue weighted by Crippen LogP contribution is -2.66. The van der Waals surface area contributed by atoms with Gasteiger partial charge in [-0.2, -0.15) is 0 Å². The minimum Gasteiger partial charge on any atom is -0.481 e. The Morgan fingerprint density at radius 1 is 1.04 bits per heavy atom. The van der Waals surface area contributed by atoms with E-state index in [4.69, 9.17) is 9.84 Å². The first-order valence-electron chi connectivity index (χ1n) is 8.84. The Balaban J connectivity index is 1.47. The minimum absolute atomic E-state index is 0.0791. The van der Waals surface area contributed by atoms with Crippen molar-refractivity contribution >= 4 is 21.9 Å². The zero-order valence-electron chi connectivity index (χ0n) is 14.9. The van der Waals surface area contributed by atoms with E-state index in [0.717, 1.165) is 22.3 Å². The number of hydrogen-bond acceptors (Lipinski definition) is 5. The molecule has 1 saturated heterocycles. The summed E-state index contributed by atoms with van der Waals surface area (Å²) in [6, 6.07) is 15.8. The average Bonchev–Trinajstić information content (AvgIpc) is 2.91. The maximum atomic E-state index is 12.3. The van der Waals surface area contributed by atoms with Crippen LogP contribution in [-0.4, -0.2) is 49.2 Å². The molecule has 0 radical (unpaired) electrons. The molecule has 1 aliphatic heterocycles. The maximum absolute atomic E-state index is 12.3. The van der Waals surface area contributed by atoms with Crippen LogP contribution >= 0.6 is 0 Å². The minimum atomic E-state index is -3.32. The summed E-state index contributed by atoms with van der Waals surface area (Å²) in [4.78, 5) is 23.4. The molecule has 1 fully saturated rings. The van der Waals surface area contributed by atoms with Crippen molar-refractivity contribution in [2.75, 3.05) is 18.1 Å². The van der Waals surface area contributed by atoms with Crippen molar-refractivity contribution in [3.05, 3.63) is 59.7 Å². The average molecular weight is 401 g/mol. The summed E-state index contributed by atoms with van der Waals surface area (Å²) in [6.07, 6.45) is -1.27. The number of carboxylic acids is 1. The van der Waals surface area contributed by atoms with E-state index in [0.29, 0.717) is 0 Å². The van der Waals surface area contributed by atoms with Crippen LogP contribution in [0.1, 0.15) is 23.5 Å². The molecule has 2 aromatic carbocycles. The highest BCUT2D eigenvalue weighted by atomic mass is 32.2. The third-order valence-electron chi connectivity index (χ3n) is 5.19. The molecule has 4 rings (SSSR count). The van der Waals surface area contributed by atoms with E-state index < -0.39 is 45.4 Å². The Morgan fingerprint density at radius 2 is 1.57 bits per heavy atom. The van der Waals surface area contributed by atoms with Crippen LogP contribution in [0.4, 0.5) is 4.79 Å². The Bertz CT molecular complexity index is 1000. The summed E-state index contributed by atoms with van der Waals surface area (Å²) >= 11 is 0. The van der Waals surface area contributed by atoms with Crippen molar-refractivity contribution in [2.45, 2.75) is 17.9 Å². The fourth-order valence-corrected chi connectivity index (χ4v) is 6.11. The lowest BCUT2D eigenvalue weighted by molar-refractivity contribution is -0.138. The number of rotatable bonds is 5. The first kappa shape index (κ1) is 18.5. The number of benzene rings is 2. The number of alkyl carbamates (subject to hydrolysis) is 1. The van der Waals surface area contributed by atoms with E-state index in [1.807, 2.05) is 48.5 Å². The van der Waals surface area contributed by atoms with Gasteiger partial charge in [-0.1, -0.05) is 48.5 Å². The number of nitrogens with one attached hydrogen (secondary N) is 1. The molecule has 0 spiro atoms. The lowest BCUT2D eigenvalue weighted by Gasteiger charge is -2.40. The second-order valence-electron chi connectivity index (χ2n) is 7.33. The number of ether oxygens (including phenoxy) is 1. The van der Waals surface area contributed by atoms with Gasteiger partial charge >= 0.3 is 12.1 Å².